The number of hydrogen-bond acceptors (Lipinski definition) is 6. The third-order valence-electron chi connectivity index (χ3n) is 2.98. The zero-order valence-corrected chi connectivity index (χ0v) is 9.72. The molecule has 0 aliphatic heterocycles. The van der Waals surface area contributed by atoms with E-state index in [-0.39, 0.29) is 0 Å². The first-order valence-electron chi connectivity index (χ1n) is 5.43. The molecule has 0 radical (unpaired) electrons. The molecule has 16 heavy (non-hydrogen) atoms. The zero-order chi connectivity index (χ0) is 11.7. The first kappa shape index (κ1) is 10.9. The van der Waals surface area contributed by atoms with Crippen molar-refractivity contribution in [2.45, 2.75) is 25.3 Å². The second kappa shape index (κ2) is 4.13. The van der Waals surface area contributed by atoms with Gasteiger partial charge < -0.3 is 10.6 Å². The molecule has 0 aromatic carbocycles. The summed E-state index contributed by atoms with van der Waals surface area (Å²) in [5.41, 5.74) is 6.56. The van der Waals surface area contributed by atoms with E-state index < -0.39 is 0 Å². The number of nitrogens with two attached hydrogens (primary N) is 2. The highest BCUT2D eigenvalue weighted by atomic mass is 15.5. The first-order valence-corrected chi connectivity index (χ1v) is 5.43. The topological polar surface area (TPSA) is 84.3 Å². The third-order valence-corrected chi connectivity index (χ3v) is 2.98. The molecule has 6 nitrogen and oxygen atoms in total. The summed E-state index contributed by atoms with van der Waals surface area (Å²) in [6.45, 7) is 0. The van der Waals surface area contributed by atoms with Crippen molar-refractivity contribution >= 4 is 17.3 Å². The molecule has 1 aliphatic rings. The molecule has 0 spiro atoms. The van der Waals surface area contributed by atoms with Crippen LogP contribution in [-0.2, 0) is 0 Å². The Morgan fingerprint density at radius 1 is 1.25 bits per heavy atom. The van der Waals surface area contributed by atoms with Crippen molar-refractivity contribution in [2.24, 2.45) is 5.84 Å². The molecule has 1 saturated carbocycles. The van der Waals surface area contributed by atoms with E-state index in [1.165, 1.54) is 12.7 Å². The Kier molecular flexibility index (Phi) is 2.82. The molecule has 2 rings (SSSR count). The van der Waals surface area contributed by atoms with E-state index in [1.54, 1.807) is 5.01 Å². The van der Waals surface area contributed by atoms with Gasteiger partial charge in [0.1, 0.15) is 12.0 Å². The lowest BCUT2D eigenvalue weighted by Crippen LogP contribution is -2.46. The number of hydrogen-bond donors (Lipinski definition) is 2. The Hall–Kier alpha value is -1.56. The largest absolute Gasteiger partial charge is 0.393 e. The number of nitrogen functional groups attached to an aromatic ring is 1. The minimum atomic E-state index is 0.368. The van der Waals surface area contributed by atoms with E-state index in [0.29, 0.717) is 23.4 Å². The van der Waals surface area contributed by atoms with Crippen molar-refractivity contribution in [3.63, 3.8) is 0 Å². The molecule has 6 heteroatoms. The van der Waals surface area contributed by atoms with Crippen LogP contribution in [0.15, 0.2) is 6.33 Å². The van der Waals surface area contributed by atoms with Gasteiger partial charge in [-0.05, 0) is 19.3 Å². The lowest BCUT2D eigenvalue weighted by Gasteiger charge is -2.35. The van der Waals surface area contributed by atoms with Gasteiger partial charge in [0.05, 0.1) is 0 Å². The van der Waals surface area contributed by atoms with Crippen molar-refractivity contribution in [1.29, 1.82) is 0 Å². The SMILES string of the molecule is CN(C)c1ncnc(N(N)C2CCC2)c1N. The van der Waals surface area contributed by atoms with Crippen molar-refractivity contribution in [3.8, 4) is 0 Å². The van der Waals surface area contributed by atoms with Gasteiger partial charge in [-0.1, -0.05) is 0 Å². The molecule has 1 fully saturated rings. The number of anilines is 3. The lowest BCUT2D eigenvalue weighted by atomic mass is 9.92. The lowest BCUT2D eigenvalue weighted by molar-refractivity contribution is 0.388. The second-order valence-electron chi connectivity index (χ2n) is 4.32. The van der Waals surface area contributed by atoms with Crippen LogP contribution in [0.4, 0.5) is 17.3 Å². The van der Waals surface area contributed by atoms with Crippen molar-refractivity contribution in [2.75, 3.05) is 29.7 Å². The van der Waals surface area contributed by atoms with Crippen LogP contribution in [0.5, 0.6) is 0 Å². The molecule has 0 saturated heterocycles. The van der Waals surface area contributed by atoms with Crippen LogP contribution in [0.3, 0.4) is 0 Å². The van der Waals surface area contributed by atoms with Gasteiger partial charge in [-0.25, -0.2) is 15.8 Å². The highest BCUT2D eigenvalue weighted by Gasteiger charge is 2.26. The number of rotatable bonds is 3. The van der Waals surface area contributed by atoms with Gasteiger partial charge in [0.25, 0.3) is 0 Å². The Morgan fingerprint density at radius 3 is 2.38 bits per heavy atom. The summed E-state index contributed by atoms with van der Waals surface area (Å²) in [6, 6.07) is 0.368. The fourth-order valence-corrected chi connectivity index (χ4v) is 1.78. The Labute approximate surface area is 95.2 Å². The van der Waals surface area contributed by atoms with Crippen molar-refractivity contribution in [3.05, 3.63) is 6.33 Å². The Morgan fingerprint density at radius 2 is 1.88 bits per heavy atom. The summed E-state index contributed by atoms with van der Waals surface area (Å²) < 4.78 is 0. The van der Waals surface area contributed by atoms with Crippen LogP contribution in [0.25, 0.3) is 0 Å². The van der Waals surface area contributed by atoms with Crippen molar-refractivity contribution < 1.29 is 0 Å². The predicted octanol–water partition coefficient (Wildman–Crippen LogP) is 0.357. The maximum absolute atomic E-state index is 6.01. The van der Waals surface area contributed by atoms with Gasteiger partial charge in [0.2, 0.25) is 0 Å². The molecule has 1 aromatic rings. The fraction of sp³-hybridized carbons (Fsp3) is 0.600. The van der Waals surface area contributed by atoms with Crippen LogP contribution in [0.2, 0.25) is 0 Å². The quantitative estimate of drug-likeness (QED) is 0.567. The summed E-state index contributed by atoms with van der Waals surface area (Å²) in [5, 5.41) is 1.67. The van der Waals surface area contributed by atoms with Crippen molar-refractivity contribution in [1.82, 2.24) is 9.97 Å². The van der Waals surface area contributed by atoms with Gasteiger partial charge in [0, 0.05) is 20.1 Å². The minimum Gasteiger partial charge on any atom is -0.393 e. The van der Waals surface area contributed by atoms with E-state index in [2.05, 4.69) is 9.97 Å². The zero-order valence-electron chi connectivity index (χ0n) is 9.72. The van der Waals surface area contributed by atoms with Gasteiger partial charge >= 0.3 is 0 Å². The number of aromatic nitrogens is 2. The molecule has 88 valence electrons. The fourth-order valence-electron chi connectivity index (χ4n) is 1.78. The van der Waals surface area contributed by atoms with E-state index in [9.17, 15) is 0 Å². The molecular formula is C10H18N6. The van der Waals surface area contributed by atoms with Crippen LogP contribution in [-0.4, -0.2) is 30.1 Å². The first-order chi connectivity index (χ1) is 7.61. The standard InChI is InChI=1S/C10H18N6/c1-15(2)9-8(11)10(14-6-13-9)16(12)7-4-3-5-7/h6-7H,3-5,11-12H2,1-2H3. The van der Waals surface area contributed by atoms with Crippen LogP contribution >= 0.6 is 0 Å². The monoisotopic (exact) mass is 222 g/mol. The molecule has 0 bridgehead atoms. The van der Waals surface area contributed by atoms with Gasteiger partial charge in [-0.3, -0.25) is 5.01 Å². The summed E-state index contributed by atoms with van der Waals surface area (Å²) in [4.78, 5) is 10.2. The summed E-state index contributed by atoms with van der Waals surface area (Å²) in [6.07, 6.45) is 4.94. The number of nitrogens with zero attached hydrogens (tertiary/aromatic N) is 4. The van der Waals surface area contributed by atoms with Gasteiger partial charge in [0.15, 0.2) is 11.6 Å². The Balaban J connectivity index is 2.29. The molecule has 0 amide bonds. The van der Waals surface area contributed by atoms with Crippen LogP contribution in [0.1, 0.15) is 19.3 Å². The smallest absolute Gasteiger partial charge is 0.171 e. The predicted molar refractivity (Wildman–Crippen MR) is 65.1 cm³/mol. The van der Waals surface area contributed by atoms with E-state index in [0.717, 1.165) is 12.8 Å². The highest BCUT2D eigenvalue weighted by molar-refractivity contribution is 5.75. The van der Waals surface area contributed by atoms with Gasteiger partial charge in [-0.2, -0.15) is 0 Å². The summed E-state index contributed by atoms with van der Waals surface area (Å²) >= 11 is 0. The summed E-state index contributed by atoms with van der Waals surface area (Å²) in [5.74, 6) is 7.35. The van der Waals surface area contributed by atoms with Crippen LogP contribution in [0, 0.1) is 0 Å². The molecule has 1 aromatic heterocycles. The normalized spacial score (nSPS) is 15.7. The maximum atomic E-state index is 6.01. The molecule has 4 N–H and O–H groups in total. The minimum absolute atomic E-state index is 0.368. The average Bonchev–Trinajstić information content (AvgIpc) is 2.14. The molecule has 0 unspecified atom stereocenters. The Bertz CT molecular complexity index is 374. The number of hydrazine groups is 1. The highest BCUT2D eigenvalue weighted by Crippen LogP contribution is 2.31. The molecular weight excluding hydrogens is 204 g/mol. The van der Waals surface area contributed by atoms with Crippen LogP contribution < -0.4 is 21.5 Å². The third kappa shape index (κ3) is 1.76. The van der Waals surface area contributed by atoms with E-state index >= 15 is 0 Å². The summed E-state index contributed by atoms with van der Waals surface area (Å²) in [7, 11) is 3.79. The average molecular weight is 222 g/mol. The van der Waals surface area contributed by atoms with E-state index in [1.807, 2.05) is 19.0 Å². The second-order valence-corrected chi connectivity index (χ2v) is 4.32. The molecule has 0 atom stereocenters. The van der Waals surface area contributed by atoms with E-state index in [4.69, 9.17) is 11.6 Å². The maximum Gasteiger partial charge on any atom is 0.171 e. The van der Waals surface area contributed by atoms with Gasteiger partial charge in [-0.15, -0.1) is 0 Å². The molecule has 1 heterocycles. The molecule has 1 aliphatic carbocycles.